The van der Waals surface area contributed by atoms with E-state index >= 15 is 0 Å². The highest BCUT2D eigenvalue weighted by Gasteiger charge is 2.30. The van der Waals surface area contributed by atoms with Gasteiger partial charge in [0.2, 0.25) is 15.9 Å². The highest BCUT2D eigenvalue weighted by molar-refractivity contribution is 7.88. The topological polar surface area (TPSA) is 72.4 Å². The summed E-state index contributed by atoms with van der Waals surface area (Å²) < 4.78 is 43.8. The Morgan fingerprint density at radius 1 is 1.21 bits per heavy atom. The Labute approximate surface area is 140 Å². The van der Waals surface area contributed by atoms with Gasteiger partial charge in [0.15, 0.2) is 0 Å². The second-order valence-corrected chi connectivity index (χ2v) is 7.75. The van der Waals surface area contributed by atoms with Crippen LogP contribution in [0.25, 0.3) is 0 Å². The van der Waals surface area contributed by atoms with Crippen molar-refractivity contribution in [2.45, 2.75) is 18.8 Å². The van der Waals surface area contributed by atoms with E-state index in [4.69, 9.17) is 4.74 Å². The van der Waals surface area contributed by atoms with E-state index in [0.29, 0.717) is 30.4 Å². The van der Waals surface area contributed by atoms with Crippen LogP contribution in [-0.2, 0) is 10.0 Å². The summed E-state index contributed by atoms with van der Waals surface area (Å²) in [5.41, 5.74) is 0.621. The molecular weight excluding hydrogens is 333 g/mol. The molecule has 0 N–H and O–H groups in total. The highest BCUT2D eigenvalue weighted by Crippen LogP contribution is 2.33. The Balaban J connectivity index is 1.84. The number of hydrogen-bond donors (Lipinski definition) is 0. The van der Waals surface area contributed by atoms with Crippen LogP contribution in [0.4, 0.5) is 4.39 Å². The molecule has 1 aliphatic heterocycles. The number of benzene rings is 1. The van der Waals surface area contributed by atoms with Crippen molar-refractivity contribution in [1.29, 1.82) is 0 Å². The largest absolute Gasteiger partial charge is 0.437 e. The van der Waals surface area contributed by atoms with Crippen LogP contribution in [-0.4, -0.2) is 42.0 Å². The van der Waals surface area contributed by atoms with Gasteiger partial charge in [-0.25, -0.2) is 22.1 Å². The first-order valence-corrected chi connectivity index (χ1v) is 9.48. The molecule has 0 bridgehead atoms. The van der Waals surface area contributed by atoms with Crippen LogP contribution >= 0.6 is 0 Å². The molecule has 8 heteroatoms. The van der Waals surface area contributed by atoms with Gasteiger partial charge in [0.25, 0.3) is 0 Å². The lowest BCUT2D eigenvalue weighted by Crippen LogP contribution is -2.38. The zero-order chi connectivity index (χ0) is 17.2. The fourth-order valence-corrected chi connectivity index (χ4v) is 3.69. The zero-order valence-electron chi connectivity index (χ0n) is 13.2. The molecule has 2 aromatic rings. The van der Waals surface area contributed by atoms with Crippen molar-refractivity contribution in [3.8, 4) is 11.6 Å². The van der Waals surface area contributed by atoms with E-state index in [1.807, 2.05) is 0 Å². The Kier molecular flexibility index (Phi) is 4.77. The van der Waals surface area contributed by atoms with Crippen molar-refractivity contribution >= 4 is 10.0 Å². The summed E-state index contributed by atoms with van der Waals surface area (Å²) in [5, 5.41) is 0. The molecule has 1 atom stereocenters. The van der Waals surface area contributed by atoms with Crippen LogP contribution in [0.3, 0.4) is 0 Å². The van der Waals surface area contributed by atoms with Crippen molar-refractivity contribution in [1.82, 2.24) is 14.3 Å². The van der Waals surface area contributed by atoms with E-state index in [0.717, 1.165) is 12.8 Å². The third-order valence-corrected chi connectivity index (χ3v) is 5.23. The van der Waals surface area contributed by atoms with E-state index in [1.165, 1.54) is 41.0 Å². The molecule has 0 amide bonds. The van der Waals surface area contributed by atoms with Crippen LogP contribution in [0.2, 0.25) is 0 Å². The summed E-state index contributed by atoms with van der Waals surface area (Å²) in [6.45, 7) is 0.876. The Morgan fingerprint density at radius 3 is 2.62 bits per heavy atom. The molecule has 2 heterocycles. The second-order valence-electron chi connectivity index (χ2n) is 5.76. The molecule has 3 rings (SSSR count). The third kappa shape index (κ3) is 3.88. The van der Waals surface area contributed by atoms with Crippen LogP contribution < -0.4 is 4.74 Å². The van der Waals surface area contributed by atoms with E-state index in [2.05, 4.69) is 9.97 Å². The molecule has 0 radical (unpaired) electrons. The number of nitrogens with zero attached hydrogens (tertiary/aromatic N) is 3. The number of piperidine rings is 1. The fraction of sp³-hybridized carbons (Fsp3) is 0.375. The molecule has 6 nitrogen and oxygen atoms in total. The van der Waals surface area contributed by atoms with Crippen molar-refractivity contribution in [2.75, 3.05) is 19.3 Å². The lowest BCUT2D eigenvalue weighted by Gasteiger charge is -2.30. The van der Waals surface area contributed by atoms with Gasteiger partial charge < -0.3 is 4.74 Å². The average Bonchev–Trinajstić information content (AvgIpc) is 2.57. The molecule has 1 aromatic carbocycles. The van der Waals surface area contributed by atoms with Gasteiger partial charge >= 0.3 is 0 Å². The lowest BCUT2D eigenvalue weighted by molar-refractivity contribution is 0.308. The van der Waals surface area contributed by atoms with E-state index in [-0.39, 0.29) is 11.7 Å². The van der Waals surface area contributed by atoms with Gasteiger partial charge in [0, 0.05) is 31.4 Å². The third-order valence-electron chi connectivity index (χ3n) is 3.96. The summed E-state index contributed by atoms with van der Waals surface area (Å²) in [4.78, 5) is 8.56. The number of aromatic nitrogens is 2. The number of halogens is 1. The van der Waals surface area contributed by atoms with Gasteiger partial charge in [-0.3, -0.25) is 4.98 Å². The number of rotatable bonds is 4. The normalized spacial score (nSPS) is 19.2. The number of sulfonamides is 1. The van der Waals surface area contributed by atoms with Gasteiger partial charge in [0.1, 0.15) is 17.3 Å². The summed E-state index contributed by atoms with van der Waals surface area (Å²) in [6, 6.07) is 5.63. The van der Waals surface area contributed by atoms with Crippen LogP contribution in [0.5, 0.6) is 11.6 Å². The summed E-state index contributed by atoms with van der Waals surface area (Å²) in [5.74, 6) is 0.341. The molecule has 0 spiro atoms. The molecule has 24 heavy (non-hydrogen) atoms. The van der Waals surface area contributed by atoms with E-state index in [1.54, 1.807) is 6.20 Å². The maximum absolute atomic E-state index is 13.0. The molecule has 0 unspecified atom stereocenters. The SMILES string of the molecule is CS(=O)(=O)N1CCC[C@H](c2nccnc2Oc2ccc(F)cc2)C1. The number of hydrogen-bond acceptors (Lipinski definition) is 5. The van der Waals surface area contributed by atoms with Crippen molar-refractivity contribution in [3.05, 3.63) is 48.2 Å². The van der Waals surface area contributed by atoms with Crippen molar-refractivity contribution in [3.63, 3.8) is 0 Å². The lowest BCUT2D eigenvalue weighted by atomic mass is 9.96. The molecule has 1 fully saturated rings. The molecule has 1 saturated heterocycles. The van der Waals surface area contributed by atoms with Gasteiger partial charge in [-0.2, -0.15) is 0 Å². The standard InChI is InChI=1S/C16H18FN3O3S/c1-24(21,22)20-10-2-3-12(11-20)15-16(19-9-8-18-15)23-14-6-4-13(17)5-7-14/h4-9,12H,2-3,10-11H2,1H3/t12-/m0/s1. The second kappa shape index (κ2) is 6.82. The minimum Gasteiger partial charge on any atom is -0.437 e. The maximum Gasteiger partial charge on any atom is 0.241 e. The minimum absolute atomic E-state index is 0.0855. The smallest absolute Gasteiger partial charge is 0.241 e. The van der Waals surface area contributed by atoms with Crippen molar-refractivity contribution in [2.24, 2.45) is 0 Å². The monoisotopic (exact) mass is 351 g/mol. The van der Waals surface area contributed by atoms with E-state index < -0.39 is 10.0 Å². The predicted molar refractivity (Wildman–Crippen MR) is 86.9 cm³/mol. The number of ether oxygens (including phenoxy) is 1. The Bertz CT molecular complexity index is 812. The van der Waals surface area contributed by atoms with Gasteiger partial charge in [-0.05, 0) is 37.1 Å². The quantitative estimate of drug-likeness (QED) is 0.846. The predicted octanol–water partition coefficient (Wildman–Crippen LogP) is 2.55. The van der Waals surface area contributed by atoms with Gasteiger partial charge in [-0.15, -0.1) is 0 Å². The van der Waals surface area contributed by atoms with Crippen LogP contribution in [0.1, 0.15) is 24.5 Å². The summed E-state index contributed by atoms with van der Waals surface area (Å²) in [6.07, 6.45) is 5.85. The van der Waals surface area contributed by atoms with Crippen LogP contribution in [0.15, 0.2) is 36.7 Å². The summed E-state index contributed by atoms with van der Waals surface area (Å²) in [7, 11) is -3.24. The van der Waals surface area contributed by atoms with Crippen molar-refractivity contribution < 1.29 is 17.5 Å². The first kappa shape index (κ1) is 16.8. The first-order chi connectivity index (χ1) is 11.4. The molecule has 128 valence electrons. The maximum atomic E-state index is 13.0. The minimum atomic E-state index is -3.24. The Morgan fingerprint density at radius 2 is 1.92 bits per heavy atom. The molecular formula is C16H18FN3O3S. The molecule has 0 saturated carbocycles. The molecule has 1 aliphatic rings. The molecule has 1 aromatic heterocycles. The molecule has 0 aliphatic carbocycles. The van der Waals surface area contributed by atoms with E-state index in [9.17, 15) is 12.8 Å². The fourth-order valence-electron chi connectivity index (χ4n) is 2.78. The Hall–Kier alpha value is -2.06. The van der Waals surface area contributed by atoms with Gasteiger partial charge in [0.05, 0.1) is 6.26 Å². The van der Waals surface area contributed by atoms with Crippen LogP contribution in [0, 0.1) is 5.82 Å². The zero-order valence-corrected chi connectivity index (χ0v) is 14.0. The first-order valence-electron chi connectivity index (χ1n) is 7.63. The average molecular weight is 351 g/mol. The summed E-state index contributed by atoms with van der Waals surface area (Å²) >= 11 is 0. The highest BCUT2D eigenvalue weighted by atomic mass is 32.2. The van der Waals surface area contributed by atoms with Gasteiger partial charge in [-0.1, -0.05) is 0 Å².